The number of benzene rings is 2. The van der Waals surface area contributed by atoms with Crippen molar-refractivity contribution in [3.63, 3.8) is 0 Å². The monoisotopic (exact) mass is 607 g/mol. The molecule has 3 aromatic rings. The van der Waals surface area contributed by atoms with E-state index in [0.717, 1.165) is 11.1 Å². The molecule has 7 N–H and O–H groups in total. The first-order valence-electron chi connectivity index (χ1n) is 13.3. The summed E-state index contributed by atoms with van der Waals surface area (Å²) in [4.78, 5) is 15.4. The number of halogens is 2. The lowest BCUT2D eigenvalue weighted by Crippen LogP contribution is -2.38. The smallest absolute Gasteiger partial charge is 0.344 e. The Hall–Kier alpha value is -3.33. The van der Waals surface area contributed by atoms with Crippen LogP contribution >= 0.6 is 10.6 Å². The van der Waals surface area contributed by atoms with Gasteiger partial charge in [0, 0.05) is 19.2 Å². The lowest BCUT2D eigenvalue weighted by Gasteiger charge is -2.25. The molecule has 0 saturated carbocycles. The molecule has 13 heteroatoms. The summed E-state index contributed by atoms with van der Waals surface area (Å²) < 4.78 is 60.4. The van der Waals surface area contributed by atoms with E-state index in [2.05, 4.69) is 10.3 Å². The van der Waals surface area contributed by atoms with Gasteiger partial charge in [0.15, 0.2) is 17.7 Å². The minimum absolute atomic E-state index is 0.0113. The average molecular weight is 608 g/mol. The highest BCUT2D eigenvalue weighted by atomic mass is 32.3. The third-order valence-corrected chi connectivity index (χ3v) is 8.44. The number of pyridine rings is 1. The van der Waals surface area contributed by atoms with Crippen molar-refractivity contribution in [1.29, 1.82) is 0 Å². The van der Waals surface area contributed by atoms with E-state index < -0.39 is 58.2 Å². The number of aliphatic hydroxyl groups excluding tert-OH is 1. The Bertz CT molecular complexity index is 1430. The van der Waals surface area contributed by atoms with E-state index in [1.807, 2.05) is 30.3 Å². The summed E-state index contributed by atoms with van der Waals surface area (Å²) in [6, 6.07) is 12.5. The highest BCUT2D eigenvalue weighted by molar-refractivity contribution is 8.24. The molecule has 0 bridgehead atoms. The SMILES string of the molecule is CC(C)C[C@@H](Oc1nc(Oc2cc(CNC3CS(O)(O)CC3O)cc(-c3cccc(CN)c3)c2)c(F)cc1F)C(=O)O. The van der Waals surface area contributed by atoms with Gasteiger partial charge in [-0.2, -0.15) is 15.6 Å². The molecular formula is C29H35F2N3O7S. The van der Waals surface area contributed by atoms with Crippen LogP contribution in [0.5, 0.6) is 17.5 Å². The molecule has 1 aliphatic heterocycles. The van der Waals surface area contributed by atoms with E-state index in [0.29, 0.717) is 23.7 Å². The largest absolute Gasteiger partial charge is 0.479 e. The molecule has 228 valence electrons. The summed E-state index contributed by atoms with van der Waals surface area (Å²) in [5.74, 6) is -4.96. The van der Waals surface area contributed by atoms with Crippen molar-refractivity contribution in [3.05, 3.63) is 71.3 Å². The Balaban J connectivity index is 1.66. The fourth-order valence-electron chi connectivity index (χ4n) is 4.63. The van der Waals surface area contributed by atoms with Gasteiger partial charge in [0.25, 0.3) is 11.8 Å². The van der Waals surface area contributed by atoms with Gasteiger partial charge in [-0.05, 0) is 58.9 Å². The molecule has 4 rings (SSSR count). The third kappa shape index (κ3) is 8.15. The molecule has 10 nitrogen and oxygen atoms in total. The molecule has 1 aromatic heterocycles. The molecule has 42 heavy (non-hydrogen) atoms. The van der Waals surface area contributed by atoms with Crippen LogP contribution in [0.15, 0.2) is 48.5 Å². The molecular weight excluding hydrogens is 572 g/mol. The number of hydrogen-bond donors (Lipinski definition) is 6. The number of carbonyl (C=O) groups is 1. The third-order valence-electron chi connectivity index (χ3n) is 6.67. The normalized spacial score (nSPS) is 19.5. The molecule has 0 spiro atoms. The standard InChI is InChI=1S/C29H35F2N3O7S/c1-16(2)6-26(29(36)37)41-28-23(31)11-22(30)27(34-28)40-21-9-18(13-33-24-14-42(38,39)15-25(24)35)8-20(10-21)19-5-3-4-17(7-19)12-32/h3-5,7-11,16,24-26,33,35,38-39H,6,12-15,32H2,1-2H3,(H,36,37)/t24?,25?,26-/m1/s1. The number of aliphatic hydroxyl groups is 1. The van der Waals surface area contributed by atoms with Gasteiger partial charge in [-0.3, -0.25) is 9.11 Å². The van der Waals surface area contributed by atoms with E-state index in [1.165, 1.54) is 0 Å². The second-order valence-electron chi connectivity index (χ2n) is 10.7. The fourth-order valence-corrected chi connectivity index (χ4v) is 6.46. The van der Waals surface area contributed by atoms with Gasteiger partial charge in [0.05, 0.1) is 23.7 Å². The van der Waals surface area contributed by atoms with Crippen LogP contribution in [0.3, 0.4) is 0 Å². The summed E-state index contributed by atoms with van der Waals surface area (Å²) in [5.41, 5.74) is 8.80. The van der Waals surface area contributed by atoms with Gasteiger partial charge in [-0.15, -0.1) is 0 Å². The number of rotatable bonds is 12. The Morgan fingerprint density at radius 2 is 1.79 bits per heavy atom. The van der Waals surface area contributed by atoms with Gasteiger partial charge in [0.2, 0.25) is 0 Å². The zero-order valence-electron chi connectivity index (χ0n) is 23.2. The van der Waals surface area contributed by atoms with E-state index in [4.69, 9.17) is 15.2 Å². The summed E-state index contributed by atoms with van der Waals surface area (Å²) in [6.07, 6.45) is -2.25. The molecule has 1 saturated heterocycles. The first-order valence-corrected chi connectivity index (χ1v) is 15.2. The Morgan fingerprint density at radius 3 is 2.43 bits per heavy atom. The number of aromatic nitrogens is 1. The molecule has 0 amide bonds. The number of ether oxygens (including phenoxy) is 2. The van der Waals surface area contributed by atoms with Crippen molar-refractivity contribution in [3.8, 4) is 28.6 Å². The molecule has 2 unspecified atom stereocenters. The number of carboxylic acids is 1. The van der Waals surface area contributed by atoms with Crippen molar-refractivity contribution >= 4 is 16.6 Å². The lowest BCUT2D eigenvalue weighted by molar-refractivity contribution is -0.146. The molecule has 2 aromatic carbocycles. The maximum atomic E-state index is 14.8. The summed E-state index contributed by atoms with van der Waals surface area (Å²) in [5, 5.41) is 22.8. The van der Waals surface area contributed by atoms with Crippen molar-refractivity contribution in [2.24, 2.45) is 11.7 Å². The summed E-state index contributed by atoms with van der Waals surface area (Å²) in [6.45, 7) is 4.07. The summed E-state index contributed by atoms with van der Waals surface area (Å²) in [7, 11) is -2.87. The van der Waals surface area contributed by atoms with Crippen molar-refractivity contribution in [2.45, 2.75) is 51.6 Å². The first-order chi connectivity index (χ1) is 19.8. The van der Waals surface area contributed by atoms with Crippen LogP contribution in [0.1, 0.15) is 31.4 Å². The van der Waals surface area contributed by atoms with Gasteiger partial charge >= 0.3 is 5.97 Å². The second kappa shape index (κ2) is 13.3. The van der Waals surface area contributed by atoms with E-state index in [-0.39, 0.29) is 36.1 Å². The van der Waals surface area contributed by atoms with Crippen LogP contribution in [-0.2, 0) is 17.9 Å². The van der Waals surface area contributed by atoms with Crippen LogP contribution in [0.4, 0.5) is 8.78 Å². The predicted octanol–water partition coefficient (Wildman–Crippen LogP) is 4.74. The average Bonchev–Trinajstić information content (AvgIpc) is 3.20. The van der Waals surface area contributed by atoms with Crippen LogP contribution in [0.25, 0.3) is 11.1 Å². The highest BCUT2D eigenvalue weighted by Gasteiger charge is 2.36. The van der Waals surface area contributed by atoms with Crippen LogP contribution in [0, 0.1) is 17.6 Å². The van der Waals surface area contributed by atoms with E-state index >= 15 is 0 Å². The topological polar surface area (TPSA) is 167 Å². The minimum atomic E-state index is -2.87. The summed E-state index contributed by atoms with van der Waals surface area (Å²) >= 11 is 0. The highest BCUT2D eigenvalue weighted by Crippen LogP contribution is 2.46. The molecule has 1 aliphatic rings. The van der Waals surface area contributed by atoms with Gasteiger partial charge in [-0.25, -0.2) is 13.6 Å². The van der Waals surface area contributed by atoms with E-state index in [9.17, 15) is 32.9 Å². The zero-order valence-corrected chi connectivity index (χ0v) is 24.0. The molecule has 2 heterocycles. The quantitative estimate of drug-likeness (QED) is 0.169. The van der Waals surface area contributed by atoms with Gasteiger partial charge in [0.1, 0.15) is 5.75 Å². The minimum Gasteiger partial charge on any atom is -0.479 e. The number of carboxylic acid groups (broad SMARTS) is 1. The predicted molar refractivity (Wildman–Crippen MR) is 155 cm³/mol. The molecule has 0 aliphatic carbocycles. The van der Waals surface area contributed by atoms with Crippen LogP contribution < -0.4 is 20.5 Å². The fraction of sp³-hybridized carbons (Fsp3) is 0.379. The van der Waals surface area contributed by atoms with Crippen LogP contribution in [0.2, 0.25) is 0 Å². The number of nitrogens with zero attached hydrogens (tertiary/aromatic N) is 1. The van der Waals surface area contributed by atoms with Crippen molar-refractivity contribution in [1.82, 2.24) is 10.3 Å². The number of hydrogen-bond acceptors (Lipinski definition) is 9. The Morgan fingerprint density at radius 1 is 1.07 bits per heavy atom. The first kappa shape index (κ1) is 31.6. The van der Waals surface area contributed by atoms with Gasteiger partial charge < -0.3 is 30.7 Å². The van der Waals surface area contributed by atoms with Crippen molar-refractivity contribution in [2.75, 3.05) is 11.5 Å². The van der Waals surface area contributed by atoms with Crippen LogP contribution in [-0.4, -0.2) is 60.0 Å². The Labute approximate surface area is 243 Å². The Kier molecular flexibility index (Phi) is 10.0. The lowest BCUT2D eigenvalue weighted by atomic mass is 10.00. The molecule has 3 atom stereocenters. The maximum absolute atomic E-state index is 14.8. The van der Waals surface area contributed by atoms with E-state index in [1.54, 1.807) is 26.0 Å². The van der Waals surface area contributed by atoms with Gasteiger partial charge in [-0.1, -0.05) is 32.0 Å². The maximum Gasteiger partial charge on any atom is 0.344 e. The molecule has 0 radical (unpaired) electrons. The van der Waals surface area contributed by atoms with Crippen molar-refractivity contribution < 1.29 is 42.4 Å². The zero-order chi connectivity index (χ0) is 30.6. The number of nitrogens with two attached hydrogens (primary N) is 1. The second-order valence-corrected chi connectivity index (χ2v) is 13.0. The number of aliphatic carboxylic acids is 1. The molecule has 1 fully saturated rings. The number of nitrogens with one attached hydrogen (secondary N) is 1.